The van der Waals surface area contributed by atoms with E-state index in [1.54, 1.807) is 0 Å². The zero-order valence-electron chi connectivity index (χ0n) is 13.6. The van der Waals surface area contributed by atoms with Crippen LogP contribution >= 0.6 is 0 Å². The summed E-state index contributed by atoms with van der Waals surface area (Å²) in [6, 6.07) is 7.90. The van der Waals surface area contributed by atoms with Gasteiger partial charge in [0.15, 0.2) is 0 Å². The van der Waals surface area contributed by atoms with Crippen molar-refractivity contribution in [3.8, 4) is 5.75 Å². The fourth-order valence-electron chi connectivity index (χ4n) is 2.26. The first-order valence-electron chi connectivity index (χ1n) is 8.30. The zero-order chi connectivity index (χ0) is 15.3. The maximum absolute atomic E-state index is 9.86. The lowest BCUT2D eigenvalue weighted by Crippen LogP contribution is -2.32. The van der Waals surface area contributed by atoms with Crippen molar-refractivity contribution in [3.63, 3.8) is 0 Å². The van der Waals surface area contributed by atoms with Gasteiger partial charge < -0.3 is 15.2 Å². The maximum atomic E-state index is 9.86. The van der Waals surface area contributed by atoms with Crippen molar-refractivity contribution in [2.24, 2.45) is 0 Å². The summed E-state index contributed by atoms with van der Waals surface area (Å²) in [4.78, 5) is 0. The molecule has 0 radical (unpaired) electrons. The average Bonchev–Trinajstić information content (AvgIpc) is 2.48. The number of unbranched alkanes of at least 4 members (excludes halogenated alkanes) is 5. The number of rotatable bonds is 12. The fourth-order valence-corrected chi connectivity index (χ4v) is 2.26. The number of nitrogens with one attached hydrogen (secondary N) is 1. The Morgan fingerprint density at radius 3 is 2.67 bits per heavy atom. The molecule has 0 saturated heterocycles. The Hall–Kier alpha value is -1.06. The van der Waals surface area contributed by atoms with Gasteiger partial charge in [-0.2, -0.15) is 0 Å². The highest BCUT2D eigenvalue weighted by Crippen LogP contribution is 2.12. The van der Waals surface area contributed by atoms with Crippen molar-refractivity contribution in [3.05, 3.63) is 29.8 Å². The number of aliphatic hydroxyl groups excluding tert-OH is 1. The van der Waals surface area contributed by atoms with Crippen molar-refractivity contribution >= 4 is 0 Å². The fraction of sp³-hybridized carbons (Fsp3) is 0.667. The molecule has 3 nitrogen and oxygen atoms in total. The highest BCUT2D eigenvalue weighted by Gasteiger charge is 2.04. The van der Waals surface area contributed by atoms with E-state index in [1.807, 2.05) is 31.2 Å². The largest absolute Gasteiger partial charge is 0.491 e. The van der Waals surface area contributed by atoms with Gasteiger partial charge in [-0.05, 0) is 37.6 Å². The minimum absolute atomic E-state index is 0.340. The molecule has 1 rings (SSSR count). The third-order valence-electron chi connectivity index (χ3n) is 3.52. The van der Waals surface area contributed by atoms with Crippen molar-refractivity contribution in [1.82, 2.24) is 5.32 Å². The van der Waals surface area contributed by atoms with Gasteiger partial charge in [0.05, 0.1) is 0 Å². The average molecular weight is 293 g/mol. The van der Waals surface area contributed by atoms with Gasteiger partial charge in [0, 0.05) is 6.54 Å². The lowest BCUT2D eigenvalue weighted by atomic mass is 10.1. The summed E-state index contributed by atoms with van der Waals surface area (Å²) in [7, 11) is 0. The third-order valence-corrected chi connectivity index (χ3v) is 3.52. The van der Waals surface area contributed by atoms with Gasteiger partial charge in [-0.15, -0.1) is 0 Å². The molecule has 2 N–H and O–H groups in total. The third kappa shape index (κ3) is 9.48. The summed E-state index contributed by atoms with van der Waals surface area (Å²) in [6.07, 6.45) is 7.34. The highest BCUT2D eigenvalue weighted by atomic mass is 16.5. The lowest BCUT2D eigenvalue weighted by Gasteiger charge is -2.13. The molecule has 1 aromatic carbocycles. The predicted octanol–water partition coefficient (Wildman–Crippen LogP) is 3.68. The normalized spacial score (nSPS) is 12.3. The van der Waals surface area contributed by atoms with E-state index in [0.29, 0.717) is 13.2 Å². The van der Waals surface area contributed by atoms with Crippen LogP contribution in [0, 0.1) is 6.92 Å². The molecule has 0 heterocycles. The summed E-state index contributed by atoms with van der Waals surface area (Å²) in [6.45, 7) is 6.19. The molecular weight excluding hydrogens is 262 g/mol. The van der Waals surface area contributed by atoms with Crippen molar-refractivity contribution < 1.29 is 9.84 Å². The monoisotopic (exact) mass is 293 g/mol. The molecule has 0 aromatic heterocycles. The Labute approximate surface area is 129 Å². The van der Waals surface area contributed by atoms with Gasteiger partial charge in [0.25, 0.3) is 0 Å². The van der Waals surface area contributed by atoms with E-state index in [2.05, 4.69) is 12.2 Å². The Bertz CT molecular complexity index is 368. The van der Waals surface area contributed by atoms with Crippen LogP contribution in [-0.2, 0) is 0 Å². The van der Waals surface area contributed by atoms with Crippen LogP contribution in [0.25, 0.3) is 0 Å². The molecule has 0 saturated carbocycles. The van der Waals surface area contributed by atoms with Crippen molar-refractivity contribution in [1.29, 1.82) is 0 Å². The Balaban J connectivity index is 1.97. The molecule has 120 valence electrons. The Morgan fingerprint density at radius 2 is 1.90 bits per heavy atom. The number of hydrogen-bond acceptors (Lipinski definition) is 3. The van der Waals surface area contributed by atoms with Gasteiger partial charge in [-0.3, -0.25) is 0 Å². The van der Waals surface area contributed by atoms with E-state index in [4.69, 9.17) is 4.74 Å². The Kier molecular flexibility index (Phi) is 9.92. The molecule has 1 aromatic rings. The minimum atomic E-state index is -0.453. The standard InChI is InChI=1S/C18H31NO2/c1-3-4-5-6-7-8-12-19-14-17(20)15-21-18-11-9-10-16(2)13-18/h9-11,13,17,19-20H,3-8,12,14-15H2,1-2H3. The second kappa shape index (κ2) is 11.6. The molecule has 0 bridgehead atoms. The minimum Gasteiger partial charge on any atom is -0.491 e. The molecule has 0 spiro atoms. The first-order chi connectivity index (χ1) is 10.2. The van der Waals surface area contributed by atoms with Crippen molar-refractivity contribution in [2.75, 3.05) is 19.7 Å². The van der Waals surface area contributed by atoms with Gasteiger partial charge in [-0.1, -0.05) is 51.2 Å². The summed E-state index contributed by atoms with van der Waals surface area (Å²) < 4.78 is 5.58. The molecule has 0 aliphatic carbocycles. The number of ether oxygens (including phenoxy) is 1. The number of hydrogen-bond donors (Lipinski definition) is 2. The first-order valence-corrected chi connectivity index (χ1v) is 8.30. The topological polar surface area (TPSA) is 41.5 Å². The van der Waals surface area contributed by atoms with Crippen LogP contribution in [0.1, 0.15) is 51.0 Å². The van der Waals surface area contributed by atoms with Crippen molar-refractivity contribution in [2.45, 2.75) is 58.5 Å². The summed E-state index contributed by atoms with van der Waals surface area (Å²) in [5.74, 6) is 0.824. The van der Waals surface area contributed by atoms with Gasteiger partial charge >= 0.3 is 0 Å². The van der Waals surface area contributed by atoms with Gasteiger partial charge in [0.1, 0.15) is 18.5 Å². The molecule has 21 heavy (non-hydrogen) atoms. The molecule has 0 aliphatic rings. The number of benzene rings is 1. The van der Waals surface area contributed by atoms with Crippen LogP contribution in [0.2, 0.25) is 0 Å². The van der Waals surface area contributed by atoms with E-state index in [-0.39, 0.29) is 0 Å². The molecule has 3 heteroatoms. The van der Waals surface area contributed by atoms with Crippen LogP contribution in [0.4, 0.5) is 0 Å². The van der Waals surface area contributed by atoms with E-state index in [9.17, 15) is 5.11 Å². The maximum Gasteiger partial charge on any atom is 0.119 e. The molecular formula is C18H31NO2. The van der Waals surface area contributed by atoms with E-state index in [0.717, 1.165) is 12.3 Å². The quantitative estimate of drug-likeness (QED) is 0.578. The first kappa shape index (κ1) is 18.0. The highest BCUT2D eigenvalue weighted by molar-refractivity contribution is 5.27. The smallest absolute Gasteiger partial charge is 0.119 e. The SMILES string of the molecule is CCCCCCCCNCC(O)COc1cccc(C)c1. The second-order valence-electron chi connectivity index (χ2n) is 5.75. The van der Waals surface area contributed by atoms with Gasteiger partial charge in [0.2, 0.25) is 0 Å². The zero-order valence-corrected chi connectivity index (χ0v) is 13.6. The summed E-state index contributed by atoms with van der Waals surface area (Å²) in [5, 5.41) is 13.2. The van der Waals surface area contributed by atoms with Crippen LogP contribution < -0.4 is 10.1 Å². The predicted molar refractivity (Wildman–Crippen MR) is 88.9 cm³/mol. The van der Waals surface area contributed by atoms with Crippen LogP contribution in [0.5, 0.6) is 5.75 Å². The number of aliphatic hydroxyl groups is 1. The van der Waals surface area contributed by atoms with Crippen LogP contribution in [0.15, 0.2) is 24.3 Å². The molecule has 0 amide bonds. The Morgan fingerprint density at radius 1 is 1.14 bits per heavy atom. The van der Waals surface area contributed by atoms with Crippen LogP contribution in [-0.4, -0.2) is 30.9 Å². The molecule has 0 aliphatic heterocycles. The molecule has 1 atom stereocenters. The van der Waals surface area contributed by atoms with Gasteiger partial charge in [-0.25, -0.2) is 0 Å². The molecule has 0 fully saturated rings. The second-order valence-corrected chi connectivity index (χ2v) is 5.75. The van der Waals surface area contributed by atoms with E-state index in [1.165, 1.54) is 44.1 Å². The van der Waals surface area contributed by atoms with E-state index >= 15 is 0 Å². The summed E-state index contributed by atoms with van der Waals surface area (Å²) in [5.41, 5.74) is 1.17. The van der Waals surface area contributed by atoms with Crippen LogP contribution in [0.3, 0.4) is 0 Å². The summed E-state index contributed by atoms with van der Waals surface area (Å²) >= 11 is 0. The molecule has 1 unspecified atom stereocenters. The lowest BCUT2D eigenvalue weighted by molar-refractivity contribution is 0.106. The van der Waals surface area contributed by atoms with E-state index < -0.39 is 6.10 Å². The number of aryl methyl sites for hydroxylation is 1.